The normalized spacial score (nSPS) is 22.0. The smallest absolute Gasteiger partial charge is 0.191 e. The van der Waals surface area contributed by atoms with E-state index in [4.69, 9.17) is 18.6 Å². The largest absolute Gasteiger partial charge is 0.469 e. The van der Waals surface area contributed by atoms with Crippen molar-refractivity contribution < 1.29 is 18.6 Å². The Morgan fingerprint density at radius 1 is 1.30 bits per heavy atom. The van der Waals surface area contributed by atoms with Gasteiger partial charge in [-0.2, -0.15) is 0 Å². The number of guanidine groups is 1. The van der Waals surface area contributed by atoms with E-state index < -0.39 is 5.79 Å². The first kappa shape index (κ1) is 22.4. The number of hydrogen-bond acceptors (Lipinski definition) is 5. The molecule has 1 aromatic heterocycles. The Morgan fingerprint density at radius 3 is 2.81 bits per heavy atom. The molecule has 3 rings (SSSR count). The summed E-state index contributed by atoms with van der Waals surface area (Å²) >= 11 is 0. The Kier molecular flexibility index (Phi) is 9.34. The Hall–Kier alpha value is -0.840. The minimum atomic E-state index is -0.438. The lowest BCUT2D eigenvalue weighted by Crippen LogP contribution is -2.44. The van der Waals surface area contributed by atoms with Crippen LogP contribution in [0.4, 0.5) is 0 Å². The van der Waals surface area contributed by atoms with Crippen molar-refractivity contribution in [1.82, 2.24) is 10.6 Å². The maximum absolute atomic E-state index is 6.17. The van der Waals surface area contributed by atoms with Crippen LogP contribution in [0.1, 0.15) is 32.4 Å². The third-order valence-corrected chi connectivity index (χ3v) is 4.52. The molecular formula is C19H32IN3O4. The van der Waals surface area contributed by atoms with Gasteiger partial charge in [-0.3, -0.25) is 4.99 Å². The van der Waals surface area contributed by atoms with E-state index in [1.807, 2.05) is 12.1 Å². The van der Waals surface area contributed by atoms with E-state index in [1.54, 1.807) is 6.26 Å². The van der Waals surface area contributed by atoms with E-state index in [0.29, 0.717) is 32.3 Å². The molecule has 0 amide bonds. The highest BCUT2D eigenvalue weighted by Crippen LogP contribution is 2.32. The van der Waals surface area contributed by atoms with Crippen molar-refractivity contribution in [2.45, 2.75) is 45.0 Å². The zero-order valence-corrected chi connectivity index (χ0v) is 18.6. The van der Waals surface area contributed by atoms with Gasteiger partial charge in [-0.15, -0.1) is 24.0 Å². The highest BCUT2D eigenvalue weighted by Gasteiger charge is 2.42. The van der Waals surface area contributed by atoms with Crippen LogP contribution in [0.5, 0.6) is 0 Å². The fourth-order valence-corrected chi connectivity index (χ4v) is 3.08. The molecule has 1 spiro atoms. The highest BCUT2D eigenvalue weighted by molar-refractivity contribution is 14.0. The molecule has 0 bridgehead atoms. The SMILES string of the molecule is CC(C)CN=C(NCCc1ccco1)NCC1COC2(CCOCC2)O1.I. The van der Waals surface area contributed by atoms with Crippen LogP contribution >= 0.6 is 24.0 Å². The number of aliphatic imine (C=N–C) groups is 1. The van der Waals surface area contributed by atoms with E-state index in [0.717, 1.165) is 44.1 Å². The number of hydrogen-bond donors (Lipinski definition) is 2. The lowest BCUT2D eigenvalue weighted by Gasteiger charge is -2.31. The van der Waals surface area contributed by atoms with Crippen LogP contribution in [0.25, 0.3) is 0 Å². The van der Waals surface area contributed by atoms with E-state index in [2.05, 4.69) is 29.5 Å². The number of ether oxygens (including phenoxy) is 3. The van der Waals surface area contributed by atoms with E-state index in [1.165, 1.54) is 0 Å². The second kappa shape index (κ2) is 11.2. The van der Waals surface area contributed by atoms with Gasteiger partial charge in [0.1, 0.15) is 11.9 Å². The Bertz CT molecular complexity index is 559. The fourth-order valence-electron chi connectivity index (χ4n) is 3.08. The summed E-state index contributed by atoms with van der Waals surface area (Å²) in [6, 6.07) is 3.89. The summed E-state index contributed by atoms with van der Waals surface area (Å²) in [7, 11) is 0. The minimum absolute atomic E-state index is 0. The molecule has 2 aliphatic heterocycles. The first-order chi connectivity index (χ1) is 12.7. The number of rotatable bonds is 7. The molecule has 0 saturated carbocycles. The van der Waals surface area contributed by atoms with Crippen molar-refractivity contribution in [1.29, 1.82) is 0 Å². The zero-order valence-electron chi connectivity index (χ0n) is 16.2. The van der Waals surface area contributed by atoms with Crippen molar-refractivity contribution in [2.24, 2.45) is 10.9 Å². The summed E-state index contributed by atoms with van der Waals surface area (Å²) in [6.07, 6.45) is 4.16. The first-order valence-electron chi connectivity index (χ1n) is 9.59. The van der Waals surface area contributed by atoms with Gasteiger partial charge in [-0.05, 0) is 18.1 Å². The molecule has 2 fully saturated rings. The van der Waals surface area contributed by atoms with Crippen molar-refractivity contribution in [3.05, 3.63) is 24.2 Å². The van der Waals surface area contributed by atoms with Gasteiger partial charge in [0, 0.05) is 38.9 Å². The van der Waals surface area contributed by atoms with Crippen molar-refractivity contribution >= 4 is 29.9 Å². The monoisotopic (exact) mass is 493 g/mol. The molecule has 154 valence electrons. The summed E-state index contributed by atoms with van der Waals surface area (Å²) < 4.78 is 22.9. The number of halogens is 1. The third-order valence-electron chi connectivity index (χ3n) is 4.52. The summed E-state index contributed by atoms with van der Waals surface area (Å²) in [5.41, 5.74) is 0. The molecule has 0 radical (unpaired) electrons. The second-order valence-electron chi connectivity index (χ2n) is 7.29. The molecule has 1 unspecified atom stereocenters. The molecule has 1 atom stereocenters. The number of nitrogens with zero attached hydrogens (tertiary/aromatic N) is 1. The van der Waals surface area contributed by atoms with Crippen molar-refractivity contribution in [2.75, 3.05) is 39.5 Å². The van der Waals surface area contributed by atoms with E-state index in [-0.39, 0.29) is 30.1 Å². The molecule has 0 aromatic carbocycles. The quantitative estimate of drug-likeness (QED) is 0.346. The highest BCUT2D eigenvalue weighted by atomic mass is 127. The van der Waals surface area contributed by atoms with Gasteiger partial charge in [-0.25, -0.2) is 0 Å². The summed E-state index contributed by atoms with van der Waals surface area (Å²) in [6.45, 7) is 8.55. The molecule has 1 aromatic rings. The first-order valence-corrected chi connectivity index (χ1v) is 9.59. The van der Waals surface area contributed by atoms with Crippen LogP contribution in [0.2, 0.25) is 0 Å². The van der Waals surface area contributed by atoms with Crippen LogP contribution in [-0.4, -0.2) is 57.3 Å². The maximum atomic E-state index is 6.17. The van der Waals surface area contributed by atoms with Gasteiger partial charge in [0.15, 0.2) is 11.7 Å². The van der Waals surface area contributed by atoms with Crippen LogP contribution in [0.3, 0.4) is 0 Å². The molecule has 3 heterocycles. The van der Waals surface area contributed by atoms with Crippen LogP contribution in [0, 0.1) is 5.92 Å². The molecule has 2 saturated heterocycles. The Balaban J connectivity index is 0.00000261. The summed E-state index contributed by atoms with van der Waals surface area (Å²) in [4.78, 5) is 4.65. The van der Waals surface area contributed by atoms with Crippen LogP contribution < -0.4 is 10.6 Å². The minimum Gasteiger partial charge on any atom is -0.469 e. The predicted molar refractivity (Wildman–Crippen MR) is 115 cm³/mol. The lowest BCUT2D eigenvalue weighted by atomic mass is 10.1. The molecular weight excluding hydrogens is 461 g/mol. The standard InChI is InChI=1S/C19H31N3O4.HI/c1-15(2)12-21-18(20-8-5-16-4-3-9-24-16)22-13-17-14-25-19(26-17)6-10-23-11-7-19;/h3-4,9,15,17H,5-8,10-14H2,1-2H3,(H2,20,21,22);1H. The molecule has 0 aliphatic carbocycles. The summed E-state index contributed by atoms with van der Waals surface area (Å²) in [5, 5.41) is 6.76. The second-order valence-corrected chi connectivity index (χ2v) is 7.29. The van der Waals surface area contributed by atoms with Crippen molar-refractivity contribution in [3.8, 4) is 0 Å². The van der Waals surface area contributed by atoms with E-state index >= 15 is 0 Å². The van der Waals surface area contributed by atoms with Crippen molar-refractivity contribution in [3.63, 3.8) is 0 Å². The van der Waals surface area contributed by atoms with Gasteiger partial charge >= 0.3 is 0 Å². The topological polar surface area (TPSA) is 77.3 Å². The van der Waals surface area contributed by atoms with Gasteiger partial charge in [0.2, 0.25) is 0 Å². The molecule has 8 heteroatoms. The van der Waals surface area contributed by atoms with Gasteiger partial charge in [0.25, 0.3) is 0 Å². The average Bonchev–Trinajstić information content (AvgIpc) is 3.28. The summed E-state index contributed by atoms with van der Waals surface area (Å²) in [5.74, 6) is 1.85. The predicted octanol–water partition coefficient (Wildman–Crippen LogP) is 2.55. The number of furan rings is 1. The van der Waals surface area contributed by atoms with Crippen LogP contribution in [-0.2, 0) is 20.6 Å². The van der Waals surface area contributed by atoms with Crippen LogP contribution in [0.15, 0.2) is 27.8 Å². The molecule has 2 aliphatic rings. The van der Waals surface area contributed by atoms with E-state index in [9.17, 15) is 0 Å². The molecule has 7 nitrogen and oxygen atoms in total. The Morgan fingerprint density at radius 2 is 2.11 bits per heavy atom. The number of nitrogens with one attached hydrogen (secondary N) is 2. The average molecular weight is 493 g/mol. The Labute approximate surface area is 178 Å². The van der Waals surface area contributed by atoms with Gasteiger partial charge in [-0.1, -0.05) is 13.8 Å². The maximum Gasteiger partial charge on any atom is 0.191 e. The van der Waals surface area contributed by atoms with Gasteiger partial charge in [0.05, 0.1) is 26.1 Å². The lowest BCUT2D eigenvalue weighted by molar-refractivity contribution is -0.210. The third kappa shape index (κ3) is 7.24. The molecule has 27 heavy (non-hydrogen) atoms. The fraction of sp³-hybridized carbons (Fsp3) is 0.737. The molecule has 2 N–H and O–H groups in total. The zero-order chi connectivity index (χ0) is 18.2. The van der Waals surface area contributed by atoms with Gasteiger partial charge < -0.3 is 29.3 Å².